The second kappa shape index (κ2) is 6.43. The van der Waals surface area contributed by atoms with Crippen molar-refractivity contribution in [3.8, 4) is 0 Å². The first-order valence-corrected chi connectivity index (χ1v) is 9.93. The number of hydrogen-bond donors (Lipinski definition) is 2. The highest BCUT2D eigenvalue weighted by Crippen LogP contribution is 2.64. The van der Waals surface area contributed by atoms with Gasteiger partial charge in [0.15, 0.2) is 0 Å². The van der Waals surface area contributed by atoms with Gasteiger partial charge in [0.1, 0.15) is 5.78 Å². The lowest BCUT2D eigenvalue weighted by atomic mass is 9.70. The lowest BCUT2D eigenvalue weighted by Crippen LogP contribution is -2.42. The van der Waals surface area contributed by atoms with Gasteiger partial charge in [0.2, 0.25) is 0 Å². The number of fused-ring (bicyclic) bond motifs is 2. The first-order chi connectivity index (χ1) is 10.5. The van der Waals surface area contributed by atoms with Gasteiger partial charge in [-0.3, -0.25) is 9.35 Å². The van der Waals surface area contributed by atoms with Crippen molar-refractivity contribution in [2.75, 3.05) is 18.8 Å². The standard InChI is InChI=1S/C10H16O4S.C6H13NO/c1-9(2)7-3-4-10(9,8(11)5-7)6-15(12,13)14;1-5-3-7-4-6(2)8-5/h7H,3-6H2,1-2H3,(H,12,13,14);5-7H,3-4H2,1-2H3/t7-,10-;5-,6-/m01/s1. The molecule has 23 heavy (non-hydrogen) atoms. The summed E-state index contributed by atoms with van der Waals surface area (Å²) in [5, 5.41) is 3.26. The molecule has 3 rings (SSSR count). The molecule has 0 aromatic carbocycles. The van der Waals surface area contributed by atoms with Gasteiger partial charge in [-0.05, 0) is 38.0 Å². The Balaban J connectivity index is 0.000000203. The van der Waals surface area contributed by atoms with Crippen LogP contribution < -0.4 is 5.32 Å². The van der Waals surface area contributed by atoms with E-state index in [-0.39, 0.29) is 17.1 Å². The Morgan fingerprint density at radius 2 is 1.83 bits per heavy atom. The van der Waals surface area contributed by atoms with E-state index >= 15 is 0 Å². The maximum absolute atomic E-state index is 11.9. The number of hydrogen-bond acceptors (Lipinski definition) is 5. The van der Waals surface area contributed by atoms with Gasteiger partial charge in [-0.25, -0.2) is 0 Å². The summed E-state index contributed by atoms with van der Waals surface area (Å²) in [6, 6.07) is 0. The normalized spacial score (nSPS) is 39.0. The lowest BCUT2D eigenvalue weighted by Gasteiger charge is -2.35. The van der Waals surface area contributed by atoms with E-state index in [1.807, 2.05) is 13.8 Å². The third-order valence-electron chi connectivity index (χ3n) is 5.90. The van der Waals surface area contributed by atoms with Gasteiger partial charge < -0.3 is 10.1 Å². The summed E-state index contributed by atoms with van der Waals surface area (Å²) >= 11 is 0. The van der Waals surface area contributed by atoms with Gasteiger partial charge >= 0.3 is 0 Å². The summed E-state index contributed by atoms with van der Waals surface area (Å²) < 4.78 is 36.4. The van der Waals surface area contributed by atoms with E-state index in [4.69, 9.17) is 9.29 Å². The van der Waals surface area contributed by atoms with Crippen LogP contribution >= 0.6 is 0 Å². The molecular weight excluding hydrogens is 318 g/mol. The van der Waals surface area contributed by atoms with Crippen LogP contribution in [-0.2, 0) is 19.6 Å². The van der Waals surface area contributed by atoms with Crippen molar-refractivity contribution in [1.82, 2.24) is 5.32 Å². The average Bonchev–Trinajstić information content (AvgIpc) is 2.71. The Bertz CT molecular complexity index is 551. The molecule has 0 spiro atoms. The van der Waals surface area contributed by atoms with Crippen molar-refractivity contribution in [3.05, 3.63) is 0 Å². The Hall–Kier alpha value is -0.500. The summed E-state index contributed by atoms with van der Waals surface area (Å²) in [5.74, 6) is -0.101. The quantitative estimate of drug-likeness (QED) is 0.738. The minimum absolute atomic E-state index is 0.0152. The molecule has 3 fully saturated rings. The first-order valence-electron chi connectivity index (χ1n) is 8.32. The molecule has 4 atom stereocenters. The molecule has 7 heteroatoms. The number of nitrogens with one attached hydrogen (secondary N) is 1. The number of ether oxygens (including phenoxy) is 1. The summed E-state index contributed by atoms with van der Waals surface area (Å²) in [6.45, 7) is 10.1. The number of morpholine rings is 1. The molecule has 3 aliphatic rings. The molecule has 6 nitrogen and oxygen atoms in total. The fraction of sp³-hybridized carbons (Fsp3) is 0.938. The van der Waals surface area contributed by atoms with Crippen LogP contribution in [0.5, 0.6) is 0 Å². The van der Waals surface area contributed by atoms with Gasteiger partial charge in [-0.15, -0.1) is 0 Å². The predicted octanol–water partition coefficient (Wildman–Crippen LogP) is 1.65. The van der Waals surface area contributed by atoms with Crippen molar-refractivity contribution >= 4 is 15.9 Å². The minimum atomic E-state index is -4.08. The Morgan fingerprint density at radius 1 is 1.26 bits per heavy atom. The number of carbonyl (C=O) groups is 1. The van der Waals surface area contributed by atoms with E-state index in [0.717, 1.165) is 19.5 Å². The van der Waals surface area contributed by atoms with Crippen LogP contribution in [0.15, 0.2) is 0 Å². The SMILES string of the molecule is CC1(C)[C@H]2CC[C@]1(CS(=O)(=O)O)C(=O)C2.C[C@@H]1CNC[C@@H](C)O1. The van der Waals surface area contributed by atoms with E-state index in [1.165, 1.54) is 0 Å². The molecule has 0 aromatic rings. The number of carbonyl (C=O) groups excluding carboxylic acids is 1. The van der Waals surface area contributed by atoms with Crippen LogP contribution in [0.1, 0.15) is 47.0 Å². The molecule has 2 saturated carbocycles. The van der Waals surface area contributed by atoms with E-state index in [9.17, 15) is 13.2 Å². The number of ketones is 1. The van der Waals surface area contributed by atoms with Gasteiger partial charge in [0.05, 0.1) is 23.4 Å². The molecule has 1 saturated heterocycles. The molecule has 2 bridgehead atoms. The second-order valence-corrected chi connectivity index (χ2v) is 9.26. The Labute approximate surface area is 139 Å². The Kier molecular flexibility index (Phi) is 5.26. The van der Waals surface area contributed by atoms with Gasteiger partial charge in [-0.2, -0.15) is 8.42 Å². The predicted molar refractivity (Wildman–Crippen MR) is 87.9 cm³/mol. The maximum atomic E-state index is 11.9. The van der Waals surface area contributed by atoms with E-state index in [2.05, 4.69) is 19.2 Å². The monoisotopic (exact) mass is 347 g/mol. The molecule has 0 unspecified atom stereocenters. The summed E-state index contributed by atoms with van der Waals surface area (Å²) in [6.07, 6.45) is 2.78. The zero-order valence-electron chi connectivity index (χ0n) is 14.5. The van der Waals surface area contributed by atoms with Gasteiger partial charge in [-0.1, -0.05) is 13.8 Å². The Morgan fingerprint density at radius 3 is 2.13 bits per heavy atom. The van der Waals surface area contributed by atoms with E-state index in [1.54, 1.807) is 0 Å². The molecular formula is C16H29NO5S. The van der Waals surface area contributed by atoms with Crippen LogP contribution in [0.2, 0.25) is 0 Å². The van der Waals surface area contributed by atoms with Crippen LogP contribution in [0.25, 0.3) is 0 Å². The summed E-state index contributed by atoms with van der Waals surface area (Å²) in [4.78, 5) is 11.9. The molecule has 0 aromatic heterocycles. The molecule has 134 valence electrons. The van der Waals surface area contributed by atoms with Crippen LogP contribution in [0.3, 0.4) is 0 Å². The van der Waals surface area contributed by atoms with Crippen molar-refractivity contribution in [1.29, 1.82) is 0 Å². The van der Waals surface area contributed by atoms with Crippen molar-refractivity contribution in [3.63, 3.8) is 0 Å². The lowest BCUT2D eigenvalue weighted by molar-refractivity contribution is -0.128. The summed E-state index contributed by atoms with van der Waals surface area (Å²) in [7, 11) is -4.08. The maximum Gasteiger partial charge on any atom is 0.265 e. The zero-order valence-corrected chi connectivity index (χ0v) is 15.3. The van der Waals surface area contributed by atoms with E-state index < -0.39 is 21.3 Å². The van der Waals surface area contributed by atoms with Gasteiger partial charge in [0, 0.05) is 19.5 Å². The van der Waals surface area contributed by atoms with Crippen molar-refractivity contribution in [2.45, 2.75) is 59.2 Å². The topological polar surface area (TPSA) is 92.7 Å². The van der Waals surface area contributed by atoms with Crippen LogP contribution in [0.4, 0.5) is 0 Å². The molecule has 1 heterocycles. The fourth-order valence-corrected chi connectivity index (χ4v) is 5.70. The zero-order chi connectivity index (χ0) is 17.5. The van der Waals surface area contributed by atoms with E-state index in [0.29, 0.717) is 25.0 Å². The molecule has 0 radical (unpaired) electrons. The second-order valence-electron chi connectivity index (χ2n) is 7.81. The minimum Gasteiger partial charge on any atom is -0.373 e. The van der Waals surface area contributed by atoms with Crippen molar-refractivity contribution in [2.24, 2.45) is 16.7 Å². The first kappa shape index (κ1) is 18.8. The molecule has 2 aliphatic carbocycles. The fourth-order valence-electron chi connectivity index (χ4n) is 4.40. The average molecular weight is 347 g/mol. The largest absolute Gasteiger partial charge is 0.373 e. The third-order valence-corrected chi connectivity index (χ3v) is 6.75. The summed E-state index contributed by atoms with van der Waals surface area (Å²) in [5.41, 5.74) is -1.12. The highest BCUT2D eigenvalue weighted by molar-refractivity contribution is 7.85. The number of rotatable bonds is 2. The smallest absolute Gasteiger partial charge is 0.265 e. The highest BCUT2D eigenvalue weighted by Gasteiger charge is 2.65. The molecule has 2 N–H and O–H groups in total. The number of Topliss-reactive ketones (excluding diaryl/α,β-unsaturated/α-hetero) is 1. The molecule has 1 aliphatic heterocycles. The molecule has 0 amide bonds. The third kappa shape index (κ3) is 3.78. The van der Waals surface area contributed by atoms with Crippen LogP contribution in [-0.4, -0.2) is 49.8 Å². The van der Waals surface area contributed by atoms with Crippen LogP contribution in [0, 0.1) is 16.7 Å². The van der Waals surface area contributed by atoms with Crippen molar-refractivity contribution < 1.29 is 22.5 Å². The highest BCUT2D eigenvalue weighted by atomic mass is 32.2. The van der Waals surface area contributed by atoms with Gasteiger partial charge in [0.25, 0.3) is 10.1 Å².